The number of rotatable bonds is 4. The van der Waals surface area contributed by atoms with E-state index in [0.29, 0.717) is 16.8 Å². The first kappa shape index (κ1) is 20.3. The largest absolute Gasteiger partial charge is 0.480 e. The van der Waals surface area contributed by atoms with Crippen molar-refractivity contribution in [1.82, 2.24) is 14.9 Å². The number of amides is 1. The summed E-state index contributed by atoms with van der Waals surface area (Å²) < 4.78 is 1.04. The van der Waals surface area contributed by atoms with Crippen LogP contribution in [0.3, 0.4) is 0 Å². The molecule has 1 aromatic heterocycles. The van der Waals surface area contributed by atoms with Gasteiger partial charge in [-0.3, -0.25) is 24.4 Å². The lowest BCUT2D eigenvalue weighted by Crippen LogP contribution is -2.52. The highest BCUT2D eigenvalue weighted by atomic mass is 16.4. The van der Waals surface area contributed by atoms with E-state index in [2.05, 4.69) is 10.3 Å². The van der Waals surface area contributed by atoms with Crippen LogP contribution in [0.25, 0.3) is 10.9 Å². The predicted octanol–water partition coefficient (Wildman–Crippen LogP) is 1.35. The van der Waals surface area contributed by atoms with Crippen LogP contribution in [0, 0.1) is 0 Å². The van der Waals surface area contributed by atoms with Gasteiger partial charge in [0.2, 0.25) is 5.91 Å². The number of aliphatic hydroxyl groups is 1. The van der Waals surface area contributed by atoms with E-state index in [-0.39, 0.29) is 17.7 Å². The van der Waals surface area contributed by atoms with E-state index in [4.69, 9.17) is 0 Å². The lowest BCUT2D eigenvalue weighted by Gasteiger charge is -2.33. The summed E-state index contributed by atoms with van der Waals surface area (Å²) in [5, 5.41) is 25.4. The highest BCUT2D eigenvalue weighted by molar-refractivity contribution is 6.05. The quantitative estimate of drug-likeness (QED) is 0.566. The fourth-order valence-electron chi connectivity index (χ4n) is 4.79. The molecule has 0 spiro atoms. The Morgan fingerprint density at radius 3 is 2.59 bits per heavy atom. The van der Waals surface area contributed by atoms with Crippen LogP contribution >= 0.6 is 0 Å². The van der Waals surface area contributed by atoms with Gasteiger partial charge >= 0.3 is 5.97 Å². The normalized spacial score (nSPS) is 24.4. The van der Waals surface area contributed by atoms with Gasteiger partial charge in [0.05, 0.1) is 28.5 Å². The van der Waals surface area contributed by atoms with E-state index >= 15 is 0 Å². The van der Waals surface area contributed by atoms with Crippen LogP contribution in [0.4, 0.5) is 5.69 Å². The molecule has 0 bridgehead atoms. The smallest absolute Gasteiger partial charge is 0.326 e. The van der Waals surface area contributed by atoms with Gasteiger partial charge in [-0.1, -0.05) is 30.3 Å². The van der Waals surface area contributed by atoms with Crippen molar-refractivity contribution in [3.05, 3.63) is 70.8 Å². The Balaban J connectivity index is 1.64. The second-order valence-electron chi connectivity index (χ2n) is 8.82. The molecule has 0 saturated carbocycles. The van der Waals surface area contributed by atoms with Gasteiger partial charge in [-0.2, -0.15) is 0 Å². The first-order valence-electron chi connectivity index (χ1n) is 10.3. The number of nitrogens with zero attached hydrogens (tertiary/aromatic N) is 3. The number of aliphatic carboxylic acids is 1. The third-order valence-corrected chi connectivity index (χ3v) is 6.41. The van der Waals surface area contributed by atoms with Crippen molar-refractivity contribution >= 4 is 28.5 Å². The van der Waals surface area contributed by atoms with Gasteiger partial charge < -0.3 is 10.2 Å². The first-order valence-corrected chi connectivity index (χ1v) is 10.3. The van der Waals surface area contributed by atoms with Gasteiger partial charge in [0.1, 0.15) is 17.8 Å². The number of carbonyl (C=O) groups excluding carboxylic acids is 1. The molecule has 3 heterocycles. The molecule has 3 atom stereocenters. The summed E-state index contributed by atoms with van der Waals surface area (Å²) in [5.74, 6) is -1.50. The minimum absolute atomic E-state index is 0.220. The van der Waals surface area contributed by atoms with Gasteiger partial charge in [-0.15, -0.1) is 0 Å². The molecule has 3 unspecified atom stereocenters. The second kappa shape index (κ2) is 6.72. The van der Waals surface area contributed by atoms with E-state index in [1.807, 2.05) is 0 Å². The van der Waals surface area contributed by atoms with Crippen LogP contribution in [0.1, 0.15) is 31.9 Å². The Hall–Kier alpha value is -3.56. The van der Waals surface area contributed by atoms with Crippen molar-refractivity contribution in [3.8, 4) is 0 Å². The van der Waals surface area contributed by atoms with Crippen molar-refractivity contribution in [2.24, 2.45) is 0 Å². The molecule has 1 amide bonds. The number of hydrogen-bond donors (Lipinski definition) is 3. The molecule has 164 valence electrons. The van der Waals surface area contributed by atoms with E-state index in [1.54, 1.807) is 62.4 Å². The second-order valence-corrected chi connectivity index (χ2v) is 8.82. The maximum absolute atomic E-state index is 13.1. The molecule has 1 fully saturated rings. The molecule has 5 rings (SSSR count). The summed E-state index contributed by atoms with van der Waals surface area (Å²) in [6.07, 6.45) is -0.00673. The van der Waals surface area contributed by atoms with Gasteiger partial charge in [0, 0.05) is 12.0 Å². The van der Waals surface area contributed by atoms with Crippen LogP contribution in [0.15, 0.2) is 59.7 Å². The SMILES string of the molecule is CC1(C)NC2N(C1=O)c1ccccc1C2(O)CC(C(=O)O)n1cnc2ccccc2c1=O. The molecule has 2 aliphatic heterocycles. The topological polar surface area (TPSA) is 125 Å². The number of carboxylic acids is 1. The summed E-state index contributed by atoms with van der Waals surface area (Å²) in [6.45, 7) is 3.42. The number of anilines is 1. The zero-order valence-corrected chi connectivity index (χ0v) is 17.5. The molecule has 2 aromatic carbocycles. The van der Waals surface area contributed by atoms with Gasteiger partial charge in [0.15, 0.2) is 0 Å². The molecule has 0 aliphatic carbocycles. The maximum atomic E-state index is 13.1. The predicted molar refractivity (Wildman–Crippen MR) is 116 cm³/mol. The fraction of sp³-hybridized carbons (Fsp3) is 0.304. The zero-order valence-electron chi connectivity index (χ0n) is 17.5. The number of para-hydroxylation sites is 2. The molecular formula is C23H22N4O5. The third-order valence-electron chi connectivity index (χ3n) is 6.41. The van der Waals surface area contributed by atoms with Gasteiger partial charge in [-0.05, 0) is 32.0 Å². The van der Waals surface area contributed by atoms with Crippen LogP contribution < -0.4 is 15.8 Å². The number of carboxylic acid groups (broad SMARTS) is 1. The molecular weight excluding hydrogens is 412 g/mol. The van der Waals surface area contributed by atoms with Gasteiger partial charge in [-0.25, -0.2) is 9.78 Å². The molecule has 3 N–H and O–H groups in total. The maximum Gasteiger partial charge on any atom is 0.326 e. The summed E-state index contributed by atoms with van der Waals surface area (Å²) in [4.78, 5) is 44.1. The molecule has 2 aliphatic rings. The number of benzene rings is 2. The average molecular weight is 434 g/mol. The zero-order chi connectivity index (χ0) is 22.8. The standard InChI is InChI=1S/C23H22N4O5/c1-22(2)21(31)27-16-10-6-4-8-14(16)23(32,20(27)25-22)11-17(19(29)30)26-12-24-15-9-5-3-7-13(15)18(26)28/h3-10,12,17,20,25,32H,11H2,1-2H3,(H,29,30). The minimum Gasteiger partial charge on any atom is -0.480 e. The lowest BCUT2D eigenvalue weighted by molar-refractivity contribution is -0.144. The van der Waals surface area contributed by atoms with Crippen molar-refractivity contribution in [3.63, 3.8) is 0 Å². The molecule has 9 heteroatoms. The Morgan fingerprint density at radius 2 is 1.84 bits per heavy atom. The fourth-order valence-corrected chi connectivity index (χ4v) is 4.79. The molecule has 32 heavy (non-hydrogen) atoms. The van der Waals surface area contributed by atoms with Crippen LogP contribution in [-0.4, -0.2) is 43.3 Å². The van der Waals surface area contributed by atoms with Crippen molar-refractivity contribution < 1.29 is 19.8 Å². The molecule has 3 aromatic rings. The van der Waals surface area contributed by atoms with Crippen molar-refractivity contribution in [1.29, 1.82) is 0 Å². The van der Waals surface area contributed by atoms with E-state index < -0.39 is 34.9 Å². The van der Waals surface area contributed by atoms with E-state index in [0.717, 1.165) is 4.57 Å². The van der Waals surface area contributed by atoms with Crippen LogP contribution in [0.2, 0.25) is 0 Å². The summed E-state index contributed by atoms with van der Waals surface area (Å²) in [7, 11) is 0. The Morgan fingerprint density at radius 1 is 1.16 bits per heavy atom. The highest BCUT2D eigenvalue weighted by Crippen LogP contribution is 2.50. The first-order chi connectivity index (χ1) is 15.1. The van der Waals surface area contributed by atoms with Crippen LogP contribution in [0.5, 0.6) is 0 Å². The molecule has 9 nitrogen and oxygen atoms in total. The number of hydrogen-bond acceptors (Lipinski definition) is 6. The average Bonchev–Trinajstić information content (AvgIpc) is 3.15. The van der Waals surface area contributed by atoms with E-state index in [9.17, 15) is 24.6 Å². The summed E-state index contributed by atoms with van der Waals surface area (Å²) >= 11 is 0. The number of carbonyl (C=O) groups is 2. The monoisotopic (exact) mass is 434 g/mol. The van der Waals surface area contributed by atoms with Crippen molar-refractivity contribution in [2.45, 2.75) is 43.6 Å². The van der Waals surface area contributed by atoms with E-state index in [1.165, 1.54) is 11.2 Å². The minimum atomic E-state index is -1.74. The Kier molecular flexibility index (Phi) is 4.27. The third kappa shape index (κ3) is 2.71. The highest BCUT2D eigenvalue weighted by Gasteiger charge is 2.61. The summed E-state index contributed by atoms with van der Waals surface area (Å²) in [5.41, 5.74) is -1.77. The van der Waals surface area contributed by atoms with Crippen molar-refractivity contribution in [2.75, 3.05) is 4.90 Å². The molecule has 1 saturated heterocycles. The van der Waals surface area contributed by atoms with Crippen LogP contribution in [-0.2, 0) is 15.2 Å². The number of aromatic nitrogens is 2. The van der Waals surface area contributed by atoms with Gasteiger partial charge in [0.25, 0.3) is 5.56 Å². The Bertz CT molecular complexity index is 1330. The molecule has 0 radical (unpaired) electrons. The lowest BCUT2D eigenvalue weighted by atomic mass is 9.86. The summed E-state index contributed by atoms with van der Waals surface area (Å²) in [6, 6.07) is 12.2. The Labute approximate surface area is 182 Å². The number of nitrogens with one attached hydrogen (secondary N) is 1. The number of fused-ring (bicyclic) bond motifs is 4.